The van der Waals surface area contributed by atoms with Crippen molar-refractivity contribution in [3.8, 4) is 18.7 Å². The molecule has 1 atom stereocenters. The van der Waals surface area contributed by atoms with Gasteiger partial charge in [-0.25, -0.2) is 9.67 Å². The van der Waals surface area contributed by atoms with Crippen molar-refractivity contribution in [1.82, 2.24) is 19.7 Å². The minimum Gasteiger partial charge on any atom is -0.364 e. The SMILES string of the molecule is C#C.CN1CC[C@@H](C(C)(C)c2ccnc(-n3ccc(C(N)=O)n3)c2)C1=O. The molecule has 2 aromatic rings. The zero-order chi connectivity index (χ0) is 19.5. The quantitative estimate of drug-likeness (QED) is 0.840. The molecule has 1 saturated heterocycles. The molecule has 0 spiro atoms. The van der Waals surface area contributed by atoms with Crippen molar-refractivity contribution < 1.29 is 9.59 Å². The average Bonchev–Trinajstić information content (AvgIpc) is 3.25. The summed E-state index contributed by atoms with van der Waals surface area (Å²) < 4.78 is 1.52. The molecule has 7 nitrogen and oxygen atoms in total. The van der Waals surface area contributed by atoms with Gasteiger partial charge in [0.05, 0.1) is 0 Å². The van der Waals surface area contributed by atoms with Crippen molar-refractivity contribution in [3.63, 3.8) is 0 Å². The monoisotopic (exact) mass is 353 g/mol. The Morgan fingerprint density at radius 2 is 2.04 bits per heavy atom. The van der Waals surface area contributed by atoms with Crippen molar-refractivity contribution in [2.24, 2.45) is 11.7 Å². The van der Waals surface area contributed by atoms with E-state index >= 15 is 0 Å². The van der Waals surface area contributed by atoms with Gasteiger partial charge < -0.3 is 10.6 Å². The molecular formula is C19H23N5O2. The molecule has 26 heavy (non-hydrogen) atoms. The van der Waals surface area contributed by atoms with E-state index in [2.05, 4.69) is 36.8 Å². The predicted molar refractivity (Wildman–Crippen MR) is 98.5 cm³/mol. The molecule has 0 saturated carbocycles. The third kappa shape index (κ3) is 3.45. The summed E-state index contributed by atoms with van der Waals surface area (Å²) in [7, 11) is 1.84. The zero-order valence-electron chi connectivity index (χ0n) is 15.2. The fourth-order valence-electron chi connectivity index (χ4n) is 3.22. The molecule has 0 unspecified atom stereocenters. The third-order valence-electron chi connectivity index (χ3n) is 4.86. The summed E-state index contributed by atoms with van der Waals surface area (Å²) in [5.74, 6) is 0.127. The Hall–Kier alpha value is -3.14. The van der Waals surface area contributed by atoms with E-state index in [1.54, 1.807) is 23.4 Å². The van der Waals surface area contributed by atoms with E-state index in [9.17, 15) is 9.59 Å². The topological polar surface area (TPSA) is 94.1 Å². The molecule has 1 fully saturated rings. The highest BCUT2D eigenvalue weighted by atomic mass is 16.2. The fraction of sp³-hybridized carbons (Fsp3) is 0.368. The van der Waals surface area contributed by atoms with Crippen molar-refractivity contribution in [3.05, 3.63) is 41.9 Å². The second kappa shape index (κ2) is 7.40. The summed E-state index contributed by atoms with van der Waals surface area (Å²) in [5.41, 5.74) is 6.12. The number of pyridine rings is 1. The maximum atomic E-state index is 12.4. The van der Waals surface area contributed by atoms with E-state index < -0.39 is 5.91 Å². The van der Waals surface area contributed by atoms with Crippen molar-refractivity contribution in [2.75, 3.05) is 13.6 Å². The van der Waals surface area contributed by atoms with Crippen molar-refractivity contribution in [1.29, 1.82) is 0 Å². The Labute approximate surface area is 153 Å². The number of hydrogen-bond donors (Lipinski definition) is 1. The second-order valence-corrected chi connectivity index (χ2v) is 6.74. The van der Waals surface area contributed by atoms with Crippen LogP contribution in [-0.2, 0) is 10.2 Å². The minimum absolute atomic E-state index is 0.0587. The van der Waals surface area contributed by atoms with Crippen molar-refractivity contribution >= 4 is 11.8 Å². The van der Waals surface area contributed by atoms with Gasteiger partial charge in [-0.3, -0.25) is 9.59 Å². The van der Waals surface area contributed by atoms with Crippen LogP contribution in [0.2, 0.25) is 0 Å². The van der Waals surface area contributed by atoms with Gasteiger partial charge in [0.2, 0.25) is 5.91 Å². The van der Waals surface area contributed by atoms with E-state index in [0.29, 0.717) is 5.82 Å². The number of rotatable bonds is 4. The zero-order valence-corrected chi connectivity index (χ0v) is 15.2. The van der Waals surface area contributed by atoms with Crippen molar-refractivity contribution in [2.45, 2.75) is 25.7 Å². The van der Waals surface area contributed by atoms with Gasteiger partial charge in [0.25, 0.3) is 5.91 Å². The first-order chi connectivity index (χ1) is 12.3. The van der Waals surface area contributed by atoms with E-state index in [4.69, 9.17) is 5.73 Å². The molecule has 0 bridgehead atoms. The lowest BCUT2D eigenvalue weighted by atomic mass is 9.73. The Morgan fingerprint density at radius 3 is 2.58 bits per heavy atom. The lowest BCUT2D eigenvalue weighted by molar-refractivity contribution is -0.131. The summed E-state index contributed by atoms with van der Waals surface area (Å²) in [5, 5.41) is 4.13. The minimum atomic E-state index is -0.579. The molecule has 1 aliphatic rings. The molecule has 0 aromatic carbocycles. The van der Waals surface area contributed by atoms with Gasteiger partial charge in [-0.1, -0.05) is 13.8 Å². The van der Waals surface area contributed by atoms with Gasteiger partial charge in [-0.15, -0.1) is 12.8 Å². The van der Waals surface area contributed by atoms with Crippen LogP contribution in [-0.4, -0.2) is 45.1 Å². The first-order valence-electron chi connectivity index (χ1n) is 8.21. The molecule has 2 amide bonds. The normalized spacial score (nSPS) is 16.9. The molecule has 2 N–H and O–H groups in total. The molecule has 2 aromatic heterocycles. The maximum absolute atomic E-state index is 12.4. The molecule has 0 aliphatic carbocycles. The Balaban J connectivity index is 0.00000117. The van der Waals surface area contributed by atoms with Crippen LogP contribution in [0.4, 0.5) is 0 Å². The van der Waals surface area contributed by atoms with Gasteiger partial charge in [-0.05, 0) is 30.2 Å². The second-order valence-electron chi connectivity index (χ2n) is 6.74. The lowest BCUT2D eigenvalue weighted by Gasteiger charge is -2.31. The first kappa shape index (κ1) is 19.2. The number of primary amides is 1. The van der Waals surface area contributed by atoms with Crippen LogP contribution < -0.4 is 5.73 Å². The van der Waals surface area contributed by atoms with Gasteiger partial charge in [0, 0.05) is 37.3 Å². The molecular weight excluding hydrogens is 330 g/mol. The predicted octanol–water partition coefficient (Wildman–Crippen LogP) is 1.37. The first-order valence-corrected chi connectivity index (χ1v) is 8.21. The summed E-state index contributed by atoms with van der Waals surface area (Å²) in [6.45, 7) is 4.93. The Kier molecular flexibility index (Phi) is 5.46. The number of likely N-dealkylation sites (tertiary alicyclic amines) is 1. The summed E-state index contributed by atoms with van der Waals surface area (Å²) >= 11 is 0. The van der Waals surface area contributed by atoms with Crippen LogP contribution in [0.15, 0.2) is 30.6 Å². The van der Waals surface area contributed by atoms with Crippen LogP contribution in [0.5, 0.6) is 0 Å². The summed E-state index contributed by atoms with van der Waals surface area (Å²) in [6, 6.07) is 5.38. The molecule has 3 heterocycles. The van der Waals surface area contributed by atoms with Gasteiger partial charge in [0.15, 0.2) is 5.82 Å². The smallest absolute Gasteiger partial charge is 0.269 e. The molecule has 136 valence electrons. The number of hydrogen-bond acceptors (Lipinski definition) is 4. The van der Waals surface area contributed by atoms with Crippen LogP contribution in [0.25, 0.3) is 5.82 Å². The number of amides is 2. The third-order valence-corrected chi connectivity index (χ3v) is 4.86. The lowest BCUT2D eigenvalue weighted by Crippen LogP contribution is -2.35. The van der Waals surface area contributed by atoms with Crippen LogP contribution in [0, 0.1) is 18.8 Å². The van der Waals surface area contributed by atoms with E-state index in [-0.39, 0.29) is 22.9 Å². The molecule has 1 aliphatic heterocycles. The Bertz CT molecular complexity index is 837. The fourth-order valence-corrected chi connectivity index (χ4v) is 3.22. The number of terminal acetylenes is 1. The van der Waals surface area contributed by atoms with E-state index in [1.165, 1.54) is 4.68 Å². The van der Waals surface area contributed by atoms with E-state index in [1.807, 2.05) is 19.2 Å². The highest BCUT2D eigenvalue weighted by Crippen LogP contribution is 2.38. The number of carbonyl (C=O) groups excluding carboxylic acids is 2. The van der Waals surface area contributed by atoms with Gasteiger partial charge in [0.1, 0.15) is 5.69 Å². The summed E-state index contributed by atoms with van der Waals surface area (Å²) in [4.78, 5) is 29.7. The number of carbonyl (C=O) groups is 2. The number of nitrogens with zero attached hydrogens (tertiary/aromatic N) is 4. The number of aromatic nitrogens is 3. The van der Waals surface area contributed by atoms with E-state index in [0.717, 1.165) is 18.5 Å². The van der Waals surface area contributed by atoms with Gasteiger partial charge in [-0.2, -0.15) is 5.10 Å². The van der Waals surface area contributed by atoms with Crippen LogP contribution >= 0.6 is 0 Å². The van der Waals surface area contributed by atoms with Crippen LogP contribution in [0.3, 0.4) is 0 Å². The summed E-state index contributed by atoms with van der Waals surface area (Å²) in [6.07, 6.45) is 12.2. The highest BCUT2D eigenvalue weighted by molar-refractivity contribution is 5.90. The average molecular weight is 353 g/mol. The largest absolute Gasteiger partial charge is 0.364 e. The molecule has 3 rings (SSSR count). The standard InChI is InChI=1S/C17H21N5O2.C2H2/c1-17(2,12-5-8-21(3)16(12)24)11-4-7-19-14(10-11)22-9-6-13(20-22)15(18)23;1-2/h4,6-7,9-10,12H,5,8H2,1-3H3,(H2,18,23);1-2H/t12-;/m1./s1. The maximum Gasteiger partial charge on any atom is 0.269 e. The molecule has 7 heteroatoms. The highest BCUT2D eigenvalue weighted by Gasteiger charge is 2.41. The van der Waals surface area contributed by atoms with Gasteiger partial charge >= 0.3 is 0 Å². The number of nitrogens with two attached hydrogens (primary N) is 1. The molecule has 0 radical (unpaired) electrons. The van der Waals surface area contributed by atoms with Crippen LogP contribution in [0.1, 0.15) is 36.3 Å². The Morgan fingerprint density at radius 1 is 1.35 bits per heavy atom.